The third-order valence-corrected chi connectivity index (χ3v) is 5.19. The molecule has 0 spiro atoms. The minimum atomic E-state index is -3.35. The van der Waals surface area contributed by atoms with Gasteiger partial charge in [0.15, 0.2) is 9.84 Å². The van der Waals surface area contributed by atoms with Gasteiger partial charge in [-0.25, -0.2) is 13.2 Å². The molecule has 8 heteroatoms. The van der Waals surface area contributed by atoms with Crippen LogP contribution in [0.25, 0.3) is 0 Å². The standard InChI is InChI=1S/C11H15NO5S2/c1-6(2)9(11(14)15)12-10(13)7-4-8(18-5-7)19(3,16)17/h4-6,9H,1-3H3,(H,12,13)(H,14,15)/t9-/m1/s1. The fraction of sp³-hybridized carbons (Fsp3) is 0.455. The van der Waals surface area contributed by atoms with E-state index in [4.69, 9.17) is 5.11 Å². The lowest BCUT2D eigenvalue weighted by Crippen LogP contribution is -2.44. The lowest BCUT2D eigenvalue weighted by Gasteiger charge is -2.17. The summed E-state index contributed by atoms with van der Waals surface area (Å²) in [5.41, 5.74) is 0.150. The Balaban J connectivity index is 2.90. The molecule has 1 rings (SSSR count). The van der Waals surface area contributed by atoms with Gasteiger partial charge in [0.2, 0.25) is 0 Å². The van der Waals surface area contributed by atoms with Crippen LogP contribution in [0.4, 0.5) is 0 Å². The van der Waals surface area contributed by atoms with Crippen molar-refractivity contribution in [2.75, 3.05) is 6.26 Å². The monoisotopic (exact) mass is 305 g/mol. The Morgan fingerprint density at radius 2 is 1.95 bits per heavy atom. The van der Waals surface area contributed by atoms with Crippen molar-refractivity contribution in [1.82, 2.24) is 5.32 Å². The number of carbonyl (C=O) groups is 2. The van der Waals surface area contributed by atoms with Gasteiger partial charge in [0.1, 0.15) is 10.3 Å². The molecule has 1 aromatic rings. The van der Waals surface area contributed by atoms with Crippen molar-refractivity contribution in [2.45, 2.75) is 24.1 Å². The maximum Gasteiger partial charge on any atom is 0.326 e. The van der Waals surface area contributed by atoms with Gasteiger partial charge in [-0.1, -0.05) is 13.8 Å². The van der Waals surface area contributed by atoms with Gasteiger partial charge in [-0.15, -0.1) is 11.3 Å². The molecule has 0 aliphatic heterocycles. The van der Waals surface area contributed by atoms with Crippen LogP contribution in [0, 0.1) is 5.92 Å². The van der Waals surface area contributed by atoms with E-state index >= 15 is 0 Å². The fourth-order valence-electron chi connectivity index (χ4n) is 1.37. The van der Waals surface area contributed by atoms with Crippen LogP contribution in [0.15, 0.2) is 15.7 Å². The first kappa shape index (κ1) is 15.6. The normalized spacial score (nSPS) is 13.3. The van der Waals surface area contributed by atoms with Gasteiger partial charge in [0, 0.05) is 11.6 Å². The van der Waals surface area contributed by atoms with Gasteiger partial charge in [-0.05, 0) is 12.0 Å². The molecule has 0 saturated carbocycles. The van der Waals surface area contributed by atoms with Crippen LogP contribution in [0.1, 0.15) is 24.2 Å². The van der Waals surface area contributed by atoms with Gasteiger partial charge in [-0.3, -0.25) is 4.79 Å². The maximum atomic E-state index is 11.8. The minimum Gasteiger partial charge on any atom is -0.480 e. The number of thiophene rings is 1. The zero-order valence-corrected chi connectivity index (χ0v) is 12.3. The molecule has 0 aromatic carbocycles. The van der Waals surface area contributed by atoms with Crippen molar-refractivity contribution in [3.05, 3.63) is 17.0 Å². The van der Waals surface area contributed by atoms with Crippen molar-refractivity contribution >= 4 is 33.1 Å². The highest BCUT2D eigenvalue weighted by Gasteiger charge is 2.24. The second kappa shape index (κ2) is 5.70. The summed E-state index contributed by atoms with van der Waals surface area (Å²) in [7, 11) is -3.35. The maximum absolute atomic E-state index is 11.8. The minimum absolute atomic E-state index is 0.0778. The molecule has 0 fully saturated rings. The molecule has 0 aliphatic rings. The Morgan fingerprint density at radius 3 is 2.32 bits per heavy atom. The molecule has 1 heterocycles. The van der Waals surface area contributed by atoms with E-state index < -0.39 is 27.8 Å². The van der Waals surface area contributed by atoms with Gasteiger partial charge in [-0.2, -0.15) is 0 Å². The fourth-order valence-corrected chi connectivity index (χ4v) is 3.17. The predicted octanol–water partition coefficient (Wildman–Crippen LogP) is 0.991. The lowest BCUT2D eigenvalue weighted by atomic mass is 10.0. The Bertz CT molecular complexity index is 588. The molecule has 2 N–H and O–H groups in total. The molecule has 0 bridgehead atoms. The van der Waals surface area contributed by atoms with Gasteiger partial charge >= 0.3 is 5.97 Å². The first-order chi connectivity index (χ1) is 8.62. The second-order valence-corrected chi connectivity index (χ2v) is 7.61. The summed E-state index contributed by atoms with van der Waals surface area (Å²) in [4.78, 5) is 22.8. The van der Waals surface area contributed by atoms with Gasteiger partial charge < -0.3 is 10.4 Å². The number of carboxylic acids is 1. The molecule has 0 saturated heterocycles. The number of sulfone groups is 1. The van der Waals surface area contributed by atoms with E-state index in [9.17, 15) is 18.0 Å². The summed E-state index contributed by atoms with van der Waals surface area (Å²) in [5, 5.41) is 12.7. The van der Waals surface area contributed by atoms with Crippen molar-refractivity contribution in [1.29, 1.82) is 0 Å². The Labute approximate surface area is 115 Å². The van der Waals surface area contributed by atoms with Crippen LogP contribution in [-0.2, 0) is 14.6 Å². The lowest BCUT2D eigenvalue weighted by molar-refractivity contribution is -0.140. The number of rotatable bonds is 5. The number of aliphatic carboxylic acids is 1. The number of carboxylic acid groups (broad SMARTS) is 1. The predicted molar refractivity (Wildman–Crippen MR) is 71.2 cm³/mol. The van der Waals surface area contributed by atoms with Crippen molar-refractivity contribution in [2.24, 2.45) is 5.92 Å². The van der Waals surface area contributed by atoms with E-state index in [1.54, 1.807) is 13.8 Å². The van der Waals surface area contributed by atoms with Crippen LogP contribution in [-0.4, -0.2) is 37.7 Å². The molecule has 0 unspecified atom stereocenters. The van der Waals surface area contributed by atoms with Crippen LogP contribution in [0.5, 0.6) is 0 Å². The van der Waals surface area contributed by atoms with Gasteiger partial charge in [0.05, 0.1) is 5.56 Å². The highest BCUT2D eigenvalue weighted by molar-refractivity contribution is 7.92. The van der Waals surface area contributed by atoms with Crippen LogP contribution < -0.4 is 5.32 Å². The zero-order chi connectivity index (χ0) is 14.8. The van der Waals surface area contributed by atoms with E-state index in [2.05, 4.69) is 5.32 Å². The molecular weight excluding hydrogens is 290 g/mol. The summed E-state index contributed by atoms with van der Waals surface area (Å²) >= 11 is 0.932. The molecule has 0 aliphatic carbocycles. The highest BCUT2D eigenvalue weighted by Crippen LogP contribution is 2.20. The summed E-state index contributed by atoms with van der Waals surface area (Å²) in [5.74, 6) is -1.98. The SMILES string of the molecule is CC(C)[C@@H](NC(=O)c1csc(S(C)(=O)=O)c1)C(=O)O. The third-order valence-electron chi connectivity index (χ3n) is 2.42. The number of nitrogens with one attached hydrogen (secondary N) is 1. The summed E-state index contributed by atoms with van der Waals surface area (Å²) in [6.45, 7) is 3.35. The molecule has 6 nitrogen and oxygen atoms in total. The molecule has 1 aromatic heterocycles. The average molecular weight is 305 g/mol. The van der Waals surface area contributed by atoms with E-state index in [1.807, 2.05) is 0 Å². The van der Waals surface area contributed by atoms with Crippen molar-refractivity contribution in [3.63, 3.8) is 0 Å². The summed E-state index contributed by atoms with van der Waals surface area (Å²) in [6.07, 6.45) is 1.05. The van der Waals surface area contributed by atoms with Crippen molar-refractivity contribution in [3.8, 4) is 0 Å². The number of hydrogen-bond donors (Lipinski definition) is 2. The van der Waals surface area contributed by atoms with E-state index in [0.29, 0.717) is 0 Å². The van der Waals surface area contributed by atoms with Gasteiger partial charge in [0.25, 0.3) is 5.91 Å². The Hall–Kier alpha value is -1.41. The first-order valence-electron chi connectivity index (χ1n) is 5.45. The molecule has 1 amide bonds. The largest absolute Gasteiger partial charge is 0.480 e. The quantitative estimate of drug-likeness (QED) is 0.845. The number of carbonyl (C=O) groups excluding carboxylic acids is 1. The molecular formula is C11H15NO5S2. The van der Waals surface area contributed by atoms with E-state index in [1.165, 1.54) is 11.4 Å². The van der Waals surface area contributed by atoms with Crippen molar-refractivity contribution < 1.29 is 23.1 Å². The first-order valence-corrected chi connectivity index (χ1v) is 8.22. The highest BCUT2D eigenvalue weighted by atomic mass is 32.2. The molecule has 0 radical (unpaired) electrons. The van der Waals surface area contributed by atoms with Crippen LogP contribution in [0.3, 0.4) is 0 Å². The van der Waals surface area contributed by atoms with E-state index in [-0.39, 0.29) is 15.7 Å². The second-order valence-electron chi connectivity index (χ2n) is 4.46. The third kappa shape index (κ3) is 4.03. The molecule has 19 heavy (non-hydrogen) atoms. The van der Waals surface area contributed by atoms with E-state index in [0.717, 1.165) is 17.6 Å². The number of amides is 1. The van der Waals surface area contributed by atoms with Crippen LogP contribution in [0.2, 0.25) is 0 Å². The topological polar surface area (TPSA) is 101 Å². The zero-order valence-electron chi connectivity index (χ0n) is 10.7. The molecule has 1 atom stereocenters. The summed E-state index contributed by atoms with van der Waals surface area (Å²) in [6, 6.07) is 0.239. The number of hydrogen-bond acceptors (Lipinski definition) is 5. The van der Waals surface area contributed by atoms with Crippen LogP contribution >= 0.6 is 11.3 Å². The Morgan fingerprint density at radius 1 is 1.37 bits per heavy atom. The molecule has 106 valence electrons. The Kier molecular flexibility index (Phi) is 4.70. The average Bonchev–Trinajstić information content (AvgIpc) is 2.73. The smallest absolute Gasteiger partial charge is 0.326 e. The summed E-state index contributed by atoms with van der Waals surface area (Å²) < 4.78 is 22.7.